The minimum Gasteiger partial charge on any atom is -0.486 e. The average Bonchev–Trinajstić information content (AvgIpc) is 2.87. The Labute approximate surface area is 128 Å². The summed E-state index contributed by atoms with van der Waals surface area (Å²) >= 11 is 6.27. The molecular formula is C15H18ClN3O2. The lowest BCUT2D eigenvalue weighted by Crippen LogP contribution is -2.22. The molecule has 1 aliphatic heterocycles. The topological polar surface area (TPSA) is 62.3 Å². The highest BCUT2D eigenvalue weighted by molar-refractivity contribution is 6.31. The number of nitrogens with two attached hydrogens (primary N) is 1. The van der Waals surface area contributed by atoms with Crippen LogP contribution in [0.1, 0.15) is 30.6 Å². The molecule has 0 saturated carbocycles. The third kappa shape index (κ3) is 2.59. The van der Waals surface area contributed by atoms with Crippen LogP contribution in [0, 0.1) is 0 Å². The average molecular weight is 308 g/mol. The minimum atomic E-state index is -0.400. The van der Waals surface area contributed by atoms with Crippen molar-refractivity contribution in [1.29, 1.82) is 0 Å². The molecule has 1 aliphatic rings. The fourth-order valence-electron chi connectivity index (χ4n) is 2.56. The molecule has 0 bridgehead atoms. The summed E-state index contributed by atoms with van der Waals surface area (Å²) in [6.07, 6.45) is 2.60. The van der Waals surface area contributed by atoms with Gasteiger partial charge in [-0.15, -0.1) is 0 Å². The molecule has 2 aromatic rings. The molecule has 0 fully saturated rings. The number of fused-ring (bicyclic) bond motifs is 1. The van der Waals surface area contributed by atoms with E-state index >= 15 is 0 Å². The summed E-state index contributed by atoms with van der Waals surface area (Å²) in [6.45, 7) is 3.95. The van der Waals surface area contributed by atoms with E-state index < -0.39 is 6.04 Å². The number of hydrogen-bond donors (Lipinski definition) is 1. The maximum absolute atomic E-state index is 6.44. The van der Waals surface area contributed by atoms with Gasteiger partial charge >= 0.3 is 0 Å². The number of ether oxygens (including phenoxy) is 2. The van der Waals surface area contributed by atoms with Crippen molar-refractivity contribution in [3.8, 4) is 11.5 Å². The van der Waals surface area contributed by atoms with E-state index in [2.05, 4.69) is 12.0 Å². The maximum Gasteiger partial charge on any atom is 0.166 e. The zero-order valence-corrected chi connectivity index (χ0v) is 12.6. The third-order valence-corrected chi connectivity index (χ3v) is 3.79. The highest BCUT2D eigenvalue weighted by Gasteiger charge is 2.25. The Hall–Kier alpha value is -1.72. The standard InChI is InChI=1S/C15H18ClN3O2/c1-2-6-19-14(11(16)9-18-19)13(17)10-4-3-5-12-15(10)21-8-7-20-12/h3-5,9,13H,2,6-8,17H2,1H3. The molecule has 1 aromatic carbocycles. The Morgan fingerprint density at radius 1 is 1.38 bits per heavy atom. The van der Waals surface area contributed by atoms with Crippen LogP contribution in [0.4, 0.5) is 0 Å². The van der Waals surface area contributed by atoms with Crippen LogP contribution in [0.3, 0.4) is 0 Å². The molecule has 1 aromatic heterocycles. The predicted octanol–water partition coefficient (Wildman–Crippen LogP) is 2.77. The van der Waals surface area contributed by atoms with Crippen molar-refractivity contribution in [2.24, 2.45) is 5.73 Å². The molecule has 2 heterocycles. The number of para-hydroxylation sites is 1. The molecule has 0 aliphatic carbocycles. The summed E-state index contributed by atoms with van der Waals surface area (Å²) in [5.74, 6) is 1.43. The number of hydrogen-bond acceptors (Lipinski definition) is 4. The zero-order valence-electron chi connectivity index (χ0n) is 11.9. The van der Waals surface area contributed by atoms with Gasteiger partial charge in [-0.25, -0.2) is 0 Å². The van der Waals surface area contributed by atoms with Crippen LogP contribution < -0.4 is 15.2 Å². The lowest BCUT2D eigenvalue weighted by molar-refractivity contribution is 0.169. The number of halogens is 1. The van der Waals surface area contributed by atoms with Crippen molar-refractivity contribution in [2.75, 3.05) is 13.2 Å². The van der Waals surface area contributed by atoms with Gasteiger partial charge in [0.05, 0.1) is 23.0 Å². The first kappa shape index (κ1) is 14.2. The van der Waals surface area contributed by atoms with E-state index in [1.54, 1.807) is 6.20 Å². The number of aromatic nitrogens is 2. The van der Waals surface area contributed by atoms with E-state index in [0.717, 1.165) is 30.0 Å². The highest BCUT2D eigenvalue weighted by Crippen LogP contribution is 2.39. The van der Waals surface area contributed by atoms with Gasteiger partial charge in [0.2, 0.25) is 0 Å². The second-order valence-corrected chi connectivity index (χ2v) is 5.36. The van der Waals surface area contributed by atoms with Crippen molar-refractivity contribution >= 4 is 11.6 Å². The smallest absolute Gasteiger partial charge is 0.166 e. The fraction of sp³-hybridized carbons (Fsp3) is 0.400. The number of benzene rings is 1. The number of nitrogens with zero attached hydrogens (tertiary/aromatic N) is 2. The molecule has 5 nitrogen and oxygen atoms in total. The first-order chi connectivity index (χ1) is 10.2. The maximum atomic E-state index is 6.44. The molecule has 0 spiro atoms. The second kappa shape index (κ2) is 5.95. The van der Waals surface area contributed by atoms with Gasteiger partial charge in [0.1, 0.15) is 13.2 Å². The summed E-state index contributed by atoms with van der Waals surface area (Å²) in [5, 5.41) is 4.87. The molecule has 1 unspecified atom stereocenters. The molecular weight excluding hydrogens is 290 g/mol. The van der Waals surface area contributed by atoms with Crippen molar-refractivity contribution in [2.45, 2.75) is 25.9 Å². The van der Waals surface area contributed by atoms with Gasteiger partial charge in [0.15, 0.2) is 11.5 Å². The largest absolute Gasteiger partial charge is 0.486 e. The first-order valence-corrected chi connectivity index (χ1v) is 7.45. The van der Waals surface area contributed by atoms with Crippen molar-refractivity contribution < 1.29 is 9.47 Å². The van der Waals surface area contributed by atoms with Gasteiger partial charge in [-0.2, -0.15) is 5.10 Å². The van der Waals surface area contributed by atoms with Crippen LogP contribution in [-0.2, 0) is 6.54 Å². The molecule has 21 heavy (non-hydrogen) atoms. The second-order valence-electron chi connectivity index (χ2n) is 4.95. The Morgan fingerprint density at radius 2 is 2.19 bits per heavy atom. The Bertz CT molecular complexity index is 642. The van der Waals surface area contributed by atoms with Gasteiger partial charge in [-0.05, 0) is 12.5 Å². The van der Waals surface area contributed by atoms with E-state index in [4.69, 9.17) is 26.8 Å². The molecule has 0 radical (unpaired) electrons. The van der Waals surface area contributed by atoms with Crippen LogP contribution in [0.5, 0.6) is 11.5 Å². The van der Waals surface area contributed by atoms with Crippen molar-refractivity contribution in [1.82, 2.24) is 9.78 Å². The lowest BCUT2D eigenvalue weighted by atomic mass is 10.0. The lowest BCUT2D eigenvalue weighted by Gasteiger charge is -2.24. The molecule has 0 saturated heterocycles. The van der Waals surface area contributed by atoms with Gasteiger partial charge in [-0.3, -0.25) is 4.68 Å². The Morgan fingerprint density at radius 3 is 3.00 bits per heavy atom. The van der Waals surface area contributed by atoms with Gasteiger partial charge in [-0.1, -0.05) is 30.7 Å². The summed E-state index contributed by atoms with van der Waals surface area (Å²) in [5.41, 5.74) is 8.11. The molecule has 112 valence electrons. The van der Waals surface area contributed by atoms with Crippen LogP contribution in [0.2, 0.25) is 5.02 Å². The molecule has 2 N–H and O–H groups in total. The highest BCUT2D eigenvalue weighted by atomic mass is 35.5. The summed E-state index contributed by atoms with van der Waals surface area (Å²) in [4.78, 5) is 0. The SMILES string of the molecule is CCCn1ncc(Cl)c1C(N)c1cccc2c1OCCO2. The van der Waals surface area contributed by atoms with Crippen LogP contribution in [0.25, 0.3) is 0 Å². The van der Waals surface area contributed by atoms with E-state index in [1.807, 2.05) is 22.9 Å². The monoisotopic (exact) mass is 307 g/mol. The molecule has 3 rings (SSSR count). The van der Waals surface area contributed by atoms with E-state index in [9.17, 15) is 0 Å². The van der Waals surface area contributed by atoms with Crippen molar-refractivity contribution in [3.63, 3.8) is 0 Å². The number of aryl methyl sites for hydroxylation is 1. The predicted molar refractivity (Wildman–Crippen MR) is 81.0 cm³/mol. The number of rotatable bonds is 4. The van der Waals surface area contributed by atoms with Crippen LogP contribution in [-0.4, -0.2) is 23.0 Å². The normalized spacial score (nSPS) is 15.0. The Kier molecular flexibility index (Phi) is 4.03. The zero-order chi connectivity index (χ0) is 14.8. The van der Waals surface area contributed by atoms with Crippen LogP contribution in [0.15, 0.2) is 24.4 Å². The van der Waals surface area contributed by atoms with E-state index in [1.165, 1.54) is 0 Å². The van der Waals surface area contributed by atoms with Gasteiger partial charge in [0, 0.05) is 12.1 Å². The quantitative estimate of drug-likeness (QED) is 0.943. The Balaban J connectivity index is 2.03. The third-order valence-electron chi connectivity index (χ3n) is 3.49. The summed E-state index contributed by atoms with van der Waals surface area (Å²) in [6, 6.07) is 5.34. The van der Waals surface area contributed by atoms with E-state index in [-0.39, 0.29) is 0 Å². The van der Waals surface area contributed by atoms with E-state index in [0.29, 0.717) is 24.0 Å². The van der Waals surface area contributed by atoms with Crippen LogP contribution >= 0.6 is 11.6 Å². The fourth-order valence-corrected chi connectivity index (χ4v) is 2.82. The first-order valence-electron chi connectivity index (χ1n) is 7.07. The summed E-state index contributed by atoms with van der Waals surface area (Å²) < 4.78 is 13.2. The molecule has 1 atom stereocenters. The minimum absolute atomic E-state index is 0.400. The molecule has 0 amide bonds. The van der Waals surface area contributed by atoms with Crippen molar-refractivity contribution in [3.05, 3.63) is 40.7 Å². The van der Waals surface area contributed by atoms with Gasteiger partial charge < -0.3 is 15.2 Å². The summed E-state index contributed by atoms with van der Waals surface area (Å²) in [7, 11) is 0. The molecule has 6 heteroatoms. The van der Waals surface area contributed by atoms with Gasteiger partial charge in [0.25, 0.3) is 0 Å².